The molecule has 0 heterocycles. The van der Waals surface area contributed by atoms with Crippen LogP contribution < -0.4 is 27.7 Å². The summed E-state index contributed by atoms with van der Waals surface area (Å²) in [6.45, 7) is 3.48. The molecule has 4 rings (SSSR count). The molecule has 3 fully saturated rings. The Balaban J connectivity index is 1.34. The predicted octanol–water partition coefficient (Wildman–Crippen LogP) is 5.31. The molecule has 8 N–H and O–H groups in total. The van der Waals surface area contributed by atoms with E-state index in [-0.39, 0.29) is 0 Å². The zero-order valence-electron chi connectivity index (χ0n) is 20.2. The number of nitrogen functional groups attached to an aromatic ring is 2. The van der Waals surface area contributed by atoms with Gasteiger partial charge in [-0.25, -0.2) is 0 Å². The summed E-state index contributed by atoms with van der Waals surface area (Å²) < 4.78 is 6.33. The summed E-state index contributed by atoms with van der Waals surface area (Å²) in [6, 6.07) is 2.45. The van der Waals surface area contributed by atoms with Crippen LogP contribution in [0.3, 0.4) is 0 Å². The Bertz CT molecular complexity index is 743. The highest BCUT2D eigenvalue weighted by Crippen LogP contribution is 2.45. The van der Waals surface area contributed by atoms with Crippen LogP contribution in [-0.2, 0) is 6.54 Å². The molecule has 0 aliphatic heterocycles. The van der Waals surface area contributed by atoms with Gasteiger partial charge in [0, 0.05) is 41.2 Å². The van der Waals surface area contributed by atoms with E-state index in [0.29, 0.717) is 24.4 Å². The van der Waals surface area contributed by atoms with Crippen LogP contribution in [0, 0.1) is 23.7 Å². The van der Waals surface area contributed by atoms with Gasteiger partial charge in [0.1, 0.15) is 5.75 Å². The standard InChI is InChI=1S/C27H46N4O/c1-17-2-6-21(7-3-17)26-24(30)14-25(23(15-28)27(26)31)32-16-18-4-8-19(9-5-18)20-10-12-22(29)13-11-20/h14,17-22H,2-13,15-16,28-31H2,1H3. The molecule has 1 aromatic rings. The van der Waals surface area contributed by atoms with Crippen molar-refractivity contribution in [2.45, 2.75) is 102 Å². The van der Waals surface area contributed by atoms with E-state index in [1.807, 2.05) is 6.07 Å². The zero-order chi connectivity index (χ0) is 22.7. The summed E-state index contributed by atoms with van der Waals surface area (Å²) >= 11 is 0. The Morgan fingerprint density at radius 3 is 2.03 bits per heavy atom. The largest absolute Gasteiger partial charge is 0.493 e. The van der Waals surface area contributed by atoms with Gasteiger partial charge in [-0.1, -0.05) is 19.8 Å². The first kappa shape index (κ1) is 23.7. The van der Waals surface area contributed by atoms with Crippen molar-refractivity contribution >= 4 is 11.4 Å². The van der Waals surface area contributed by atoms with Crippen molar-refractivity contribution in [3.8, 4) is 5.75 Å². The average molecular weight is 443 g/mol. The summed E-state index contributed by atoms with van der Waals surface area (Å²) in [5.74, 6) is 4.47. The Labute approximate surface area is 195 Å². The van der Waals surface area contributed by atoms with Crippen LogP contribution in [0.5, 0.6) is 5.75 Å². The number of ether oxygens (including phenoxy) is 1. The van der Waals surface area contributed by atoms with E-state index in [1.165, 1.54) is 64.2 Å². The van der Waals surface area contributed by atoms with Crippen molar-refractivity contribution in [2.75, 3.05) is 18.1 Å². The fourth-order valence-corrected chi connectivity index (χ4v) is 6.75. The van der Waals surface area contributed by atoms with Crippen LogP contribution in [0.1, 0.15) is 101 Å². The molecule has 0 saturated heterocycles. The van der Waals surface area contributed by atoms with Crippen LogP contribution in [0.15, 0.2) is 6.07 Å². The van der Waals surface area contributed by atoms with E-state index in [0.717, 1.165) is 65.5 Å². The van der Waals surface area contributed by atoms with Gasteiger partial charge < -0.3 is 27.7 Å². The van der Waals surface area contributed by atoms with Crippen LogP contribution in [0.4, 0.5) is 11.4 Å². The summed E-state index contributed by atoms with van der Waals surface area (Å²) in [5, 5.41) is 0. The molecule has 0 bridgehead atoms. The van der Waals surface area contributed by atoms with Gasteiger partial charge in [0.25, 0.3) is 0 Å². The van der Waals surface area contributed by atoms with E-state index in [1.54, 1.807) is 0 Å². The SMILES string of the molecule is CC1CCC(c2c(N)cc(OCC3CCC(C4CCC(N)CC4)CC3)c(CN)c2N)CC1. The van der Waals surface area contributed by atoms with E-state index < -0.39 is 0 Å². The van der Waals surface area contributed by atoms with E-state index in [2.05, 4.69) is 6.92 Å². The molecule has 0 amide bonds. The number of benzene rings is 1. The Kier molecular flexibility index (Phi) is 7.88. The number of hydrogen-bond donors (Lipinski definition) is 4. The molecule has 3 aliphatic carbocycles. The van der Waals surface area contributed by atoms with Crippen molar-refractivity contribution in [3.63, 3.8) is 0 Å². The Morgan fingerprint density at radius 1 is 0.844 bits per heavy atom. The topological polar surface area (TPSA) is 113 Å². The monoisotopic (exact) mass is 442 g/mol. The fraction of sp³-hybridized carbons (Fsp3) is 0.778. The first-order chi connectivity index (χ1) is 15.5. The normalized spacial score (nSPS) is 33.7. The second-order valence-corrected chi connectivity index (χ2v) is 11.2. The minimum absolute atomic E-state index is 0.397. The second-order valence-electron chi connectivity index (χ2n) is 11.2. The lowest BCUT2D eigenvalue weighted by atomic mass is 9.70. The molecular formula is C27H46N4O. The molecule has 3 aliphatic rings. The first-order valence-corrected chi connectivity index (χ1v) is 13.2. The first-order valence-electron chi connectivity index (χ1n) is 13.2. The summed E-state index contributed by atoms with van der Waals surface area (Å²) in [7, 11) is 0. The quantitative estimate of drug-likeness (QED) is 0.446. The van der Waals surface area contributed by atoms with Gasteiger partial charge in [-0.3, -0.25) is 0 Å². The smallest absolute Gasteiger partial charge is 0.127 e. The molecule has 0 unspecified atom stereocenters. The number of nitrogens with two attached hydrogens (primary N) is 4. The van der Waals surface area contributed by atoms with Crippen molar-refractivity contribution < 1.29 is 4.74 Å². The van der Waals surface area contributed by atoms with Gasteiger partial charge in [0.05, 0.1) is 6.61 Å². The predicted molar refractivity (Wildman–Crippen MR) is 134 cm³/mol. The zero-order valence-corrected chi connectivity index (χ0v) is 20.2. The van der Waals surface area contributed by atoms with Crippen molar-refractivity contribution in [1.29, 1.82) is 0 Å². The minimum atomic E-state index is 0.397. The lowest BCUT2D eigenvalue weighted by Crippen LogP contribution is -2.32. The van der Waals surface area contributed by atoms with Crippen molar-refractivity contribution in [3.05, 3.63) is 17.2 Å². The fourth-order valence-electron chi connectivity index (χ4n) is 6.75. The molecule has 3 saturated carbocycles. The minimum Gasteiger partial charge on any atom is -0.493 e. The lowest BCUT2D eigenvalue weighted by Gasteiger charge is -2.37. The van der Waals surface area contributed by atoms with E-state index >= 15 is 0 Å². The lowest BCUT2D eigenvalue weighted by molar-refractivity contribution is 0.131. The van der Waals surface area contributed by atoms with Gasteiger partial charge in [-0.2, -0.15) is 0 Å². The van der Waals surface area contributed by atoms with E-state index in [4.69, 9.17) is 27.7 Å². The number of hydrogen-bond acceptors (Lipinski definition) is 5. The molecule has 32 heavy (non-hydrogen) atoms. The highest BCUT2D eigenvalue weighted by Gasteiger charge is 2.31. The van der Waals surface area contributed by atoms with Crippen molar-refractivity contribution in [2.24, 2.45) is 35.1 Å². The maximum Gasteiger partial charge on any atom is 0.127 e. The highest BCUT2D eigenvalue weighted by molar-refractivity contribution is 5.71. The van der Waals surface area contributed by atoms with Crippen LogP contribution >= 0.6 is 0 Å². The van der Waals surface area contributed by atoms with Gasteiger partial charge in [-0.05, 0) is 93.8 Å². The number of anilines is 2. The second kappa shape index (κ2) is 10.6. The summed E-state index contributed by atoms with van der Waals surface area (Å²) in [5.41, 5.74) is 29.0. The van der Waals surface area contributed by atoms with Crippen LogP contribution in [0.2, 0.25) is 0 Å². The molecule has 5 nitrogen and oxygen atoms in total. The highest BCUT2D eigenvalue weighted by atomic mass is 16.5. The van der Waals surface area contributed by atoms with Crippen LogP contribution in [-0.4, -0.2) is 12.6 Å². The third-order valence-electron chi connectivity index (χ3n) is 8.99. The average Bonchev–Trinajstić information content (AvgIpc) is 2.80. The van der Waals surface area contributed by atoms with Crippen LogP contribution in [0.25, 0.3) is 0 Å². The van der Waals surface area contributed by atoms with E-state index in [9.17, 15) is 0 Å². The van der Waals surface area contributed by atoms with Gasteiger partial charge in [-0.15, -0.1) is 0 Å². The maximum absolute atomic E-state index is 6.63. The van der Waals surface area contributed by atoms with Gasteiger partial charge in [0.2, 0.25) is 0 Å². The van der Waals surface area contributed by atoms with Crippen molar-refractivity contribution in [1.82, 2.24) is 0 Å². The summed E-state index contributed by atoms with van der Waals surface area (Å²) in [4.78, 5) is 0. The van der Waals surface area contributed by atoms with Gasteiger partial charge in [0.15, 0.2) is 0 Å². The molecule has 0 radical (unpaired) electrons. The third-order valence-corrected chi connectivity index (χ3v) is 8.99. The summed E-state index contributed by atoms with van der Waals surface area (Å²) in [6.07, 6.45) is 15.1. The molecule has 0 atom stereocenters. The maximum atomic E-state index is 6.63. The molecule has 5 heteroatoms. The molecule has 1 aromatic carbocycles. The third kappa shape index (κ3) is 5.36. The Hall–Kier alpha value is -1.46. The number of rotatable bonds is 6. The molecular weight excluding hydrogens is 396 g/mol. The van der Waals surface area contributed by atoms with Gasteiger partial charge >= 0.3 is 0 Å². The Morgan fingerprint density at radius 2 is 1.44 bits per heavy atom. The molecule has 0 spiro atoms. The molecule has 0 aromatic heterocycles. The molecule has 180 valence electrons.